The van der Waals surface area contributed by atoms with Gasteiger partial charge in [0.05, 0.1) is 6.20 Å². The van der Waals surface area contributed by atoms with Gasteiger partial charge < -0.3 is 5.32 Å². The summed E-state index contributed by atoms with van der Waals surface area (Å²) < 4.78 is 4.54. The number of nitrogens with zero attached hydrogens (tertiary/aromatic N) is 2. The molecule has 0 atom stereocenters. The highest BCUT2D eigenvalue weighted by Crippen LogP contribution is 2.16. The molecule has 0 aliphatic carbocycles. The highest BCUT2D eigenvalue weighted by Gasteiger charge is 2.08. The number of amides is 1. The summed E-state index contributed by atoms with van der Waals surface area (Å²) in [6, 6.07) is 7.39. The summed E-state index contributed by atoms with van der Waals surface area (Å²) in [6.07, 6.45) is 1.44. The van der Waals surface area contributed by atoms with Crippen molar-refractivity contribution in [3.63, 3.8) is 0 Å². The monoisotopic (exact) mass is 283 g/mol. The van der Waals surface area contributed by atoms with E-state index >= 15 is 0 Å². The van der Waals surface area contributed by atoms with E-state index in [0.717, 1.165) is 21.7 Å². The Morgan fingerprint density at radius 3 is 3.00 bits per heavy atom. The lowest BCUT2D eigenvalue weighted by atomic mass is 10.3. The van der Waals surface area contributed by atoms with Crippen LogP contribution in [0.2, 0.25) is 0 Å². The molecule has 1 aromatic heterocycles. The van der Waals surface area contributed by atoms with E-state index in [1.807, 2.05) is 24.3 Å². The van der Waals surface area contributed by atoms with Gasteiger partial charge in [0.1, 0.15) is 4.88 Å². The van der Waals surface area contributed by atoms with E-state index in [2.05, 4.69) is 30.8 Å². The minimum absolute atomic E-state index is 0.192. The summed E-state index contributed by atoms with van der Waals surface area (Å²) >= 11 is 4.40. The number of aromatic nitrogens is 2. The molecule has 0 bridgehead atoms. The van der Waals surface area contributed by atoms with Gasteiger partial charge >= 0.3 is 0 Å². The molecule has 15 heavy (non-hydrogen) atoms. The molecule has 1 heterocycles. The molecular formula is C9H6BrN3OS. The molecule has 0 aliphatic heterocycles. The summed E-state index contributed by atoms with van der Waals surface area (Å²) in [6.45, 7) is 0. The fourth-order valence-electron chi connectivity index (χ4n) is 1.03. The molecule has 2 aromatic rings. The van der Waals surface area contributed by atoms with Crippen molar-refractivity contribution in [2.75, 3.05) is 5.32 Å². The number of hydrogen-bond acceptors (Lipinski definition) is 4. The Morgan fingerprint density at radius 2 is 2.33 bits per heavy atom. The van der Waals surface area contributed by atoms with Gasteiger partial charge in [-0.1, -0.05) is 26.5 Å². The summed E-state index contributed by atoms with van der Waals surface area (Å²) in [5.41, 5.74) is 0.739. The predicted molar refractivity (Wildman–Crippen MR) is 62.0 cm³/mol. The van der Waals surface area contributed by atoms with E-state index in [1.54, 1.807) is 0 Å². The molecule has 1 amide bonds. The molecule has 0 aliphatic rings. The van der Waals surface area contributed by atoms with E-state index in [1.165, 1.54) is 6.20 Å². The molecule has 0 spiro atoms. The predicted octanol–water partition coefficient (Wildman–Crippen LogP) is 2.55. The largest absolute Gasteiger partial charge is 0.321 e. The number of halogens is 1. The maximum Gasteiger partial charge on any atom is 0.269 e. The van der Waals surface area contributed by atoms with E-state index in [4.69, 9.17) is 0 Å². The molecule has 0 saturated heterocycles. The van der Waals surface area contributed by atoms with E-state index in [9.17, 15) is 4.79 Å². The van der Waals surface area contributed by atoms with Crippen LogP contribution in [0.25, 0.3) is 0 Å². The topological polar surface area (TPSA) is 54.9 Å². The van der Waals surface area contributed by atoms with Crippen LogP contribution in [0.5, 0.6) is 0 Å². The fourth-order valence-corrected chi connectivity index (χ4v) is 1.84. The first kappa shape index (κ1) is 10.3. The van der Waals surface area contributed by atoms with Crippen LogP contribution in [-0.2, 0) is 0 Å². The quantitative estimate of drug-likeness (QED) is 0.922. The van der Waals surface area contributed by atoms with Crippen LogP contribution in [0.1, 0.15) is 9.67 Å². The molecule has 76 valence electrons. The minimum atomic E-state index is -0.192. The fraction of sp³-hybridized carbons (Fsp3) is 0. The summed E-state index contributed by atoms with van der Waals surface area (Å²) in [5, 5.41) is 6.35. The van der Waals surface area contributed by atoms with Gasteiger partial charge in [-0.2, -0.15) is 0 Å². The maximum absolute atomic E-state index is 11.6. The van der Waals surface area contributed by atoms with Crippen molar-refractivity contribution >= 4 is 39.1 Å². The molecule has 0 fully saturated rings. The molecular weight excluding hydrogens is 278 g/mol. The van der Waals surface area contributed by atoms with Crippen LogP contribution in [0.4, 0.5) is 5.69 Å². The molecule has 4 nitrogen and oxygen atoms in total. The zero-order chi connectivity index (χ0) is 10.7. The molecule has 0 saturated carbocycles. The maximum atomic E-state index is 11.6. The zero-order valence-electron chi connectivity index (χ0n) is 7.48. The lowest BCUT2D eigenvalue weighted by Crippen LogP contribution is -2.09. The first-order valence-corrected chi connectivity index (χ1v) is 5.66. The van der Waals surface area contributed by atoms with Crippen molar-refractivity contribution in [3.8, 4) is 0 Å². The van der Waals surface area contributed by atoms with Gasteiger partial charge in [0.2, 0.25) is 0 Å². The van der Waals surface area contributed by atoms with Crippen molar-refractivity contribution < 1.29 is 4.79 Å². The normalized spacial score (nSPS) is 9.93. The highest BCUT2D eigenvalue weighted by atomic mass is 79.9. The van der Waals surface area contributed by atoms with Gasteiger partial charge in [-0.05, 0) is 29.7 Å². The van der Waals surface area contributed by atoms with Gasteiger partial charge in [-0.3, -0.25) is 4.79 Å². The molecule has 6 heteroatoms. The van der Waals surface area contributed by atoms with Crippen molar-refractivity contribution in [3.05, 3.63) is 39.8 Å². The van der Waals surface area contributed by atoms with Gasteiger partial charge in [-0.15, -0.1) is 5.10 Å². The number of anilines is 1. The number of carbonyl (C=O) groups is 1. The first-order chi connectivity index (χ1) is 7.25. The van der Waals surface area contributed by atoms with Crippen molar-refractivity contribution in [2.24, 2.45) is 0 Å². The second kappa shape index (κ2) is 4.50. The number of carbonyl (C=O) groups excluding carboxylic acids is 1. The Kier molecular flexibility index (Phi) is 3.08. The average Bonchev–Trinajstić information content (AvgIpc) is 2.70. The lowest BCUT2D eigenvalue weighted by molar-refractivity contribution is 0.103. The SMILES string of the molecule is O=C(Nc1cccc(Br)c1)c1cnns1. The van der Waals surface area contributed by atoms with Crippen LogP contribution in [-0.4, -0.2) is 15.5 Å². The van der Waals surface area contributed by atoms with Crippen LogP contribution >= 0.6 is 27.5 Å². The van der Waals surface area contributed by atoms with E-state index in [-0.39, 0.29) is 5.91 Å². The molecule has 1 aromatic carbocycles. The van der Waals surface area contributed by atoms with Crippen molar-refractivity contribution in [1.82, 2.24) is 9.59 Å². The first-order valence-electron chi connectivity index (χ1n) is 4.10. The van der Waals surface area contributed by atoms with Crippen LogP contribution in [0.15, 0.2) is 34.9 Å². The second-order valence-corrected chi connectivity index (χ2v) is 4.45. The average molecular weight is 284 g/mol. The Bertz CT molecular complexity index is 472. The number of benzene rings is 1. The number of hydrogen-bond donors (Lipinski definition) is 1. The van der Waals surface area contributed by atoms with Crippen LogP contribution < -0.4 is 5.32 Å². The van der Waals surface area contributed by atoms with Crippen molar-refractivity contribution in [1.29, 1.82) is 0 Å². The van der Waals surface area contributed by atoms with Gasteiger partial charge in [0, 0.05) is 10.2 Å². The number of rotatable bonds is 2. The Labute approximate surface area is 98.6 Å². The molecule has 0 unspecified atom stereocenters. The lowest BCUT2D eigenvalue weighted by Gasteiger charge is -2.02. The molecule has 0 radical (unpaired) electrons. The van der Waals surface area contributed by atoms with Crippen molar-refractivity contribution in [2.45, 2.75) is 0 Å². The summed E-state index contributed by atoms with van der Waals surface area (Å²) in [5.74, 6) is -0.192. The van der Waals surface area contributed by atoms with Gasteiger partial charge in [0.25, 0.3) is 5.91 Å². The smallest absolute Gasteiger partial charge is 0.269 e. The highest BCUT2D eigenvalue weighted by molar-refractivity contribution is 9.10. The van der Waals surface area contributed by atoms with Gasteiger partial charge in [0.15, 0.2) is 0 Å². The standard InChI is InChI=1S/C9H6BrN3OS/c10-6-2-1-3-7(4-6)12-9(14)8-5-11-13-15-8/h1-5H,(H,12,14). The Morgan fingerprint density at radius 1 is 1.47 bits per heavy atom. The van der Waals surface area contributed by atoms with Crippen LogP contribution in [0.3, 0.4) is 0 Å². The Hall–Kier alpha value is -1.27. The van der Waals surface area contributed by atoms with Crippen LogP contribution in [0, 0.1) is 0 Å². The summed E-state index contributed by atoms with van der Waals surface area (Å²) in [7, 11) is 0. The molecule has 1 N–H and O–H groups in total. The zero-order valence-corrected chi connectivity index (χ0v) is 9.88. The third kappa shape index (κ3) is 2.60. The minimum Gasteiger partial charge on any atom is -0.321 e. The second-order valence-electron chi connectivity index (χ2n) is 2.75. The third-order valence-electron chi connectivity index (χ3n) is 1.67. The third-order valence-corrected chi connectivity index (χ3v) is 2.82. The van der Waals surface area contributed by atoms with E-state index < -0.39 is 0 Å². The number of nitrogens with one attached hydrogen (secondary N) is 1. The van der Waals surface area contributed by atoms with Gasteiger partial charge in [-0.25, -0.2) is 0 Å². The Balaban J connectivity index is 2.13. The summed E-state index contributed by atoms with van der Waals surface area (Å²) in [4.78, 5) is 12.1. The van der Waals surface area contributed by atoms with E-state index in [0.29, 0.717) is 4.88 Å². The molecule has 2 rings (SSSR count).